The number of hydrogen-bond acceptors (Lipinski definition) is 5. The van der Waals surface area contributed by atoms with E-state index >= 15 is 0 Å². The van der Waals surface area contributed by atoms with Crippen molar-refractivity contribution < 1.29 is 24.2 Å². The first kappa shape index (κ1) is 23.0. The van der Waals surface area contributed by atoms with Gasteiger partial charge in [0.1, 0.15) is 12.6 Å². The molecule has 0 saturated heterocycles. The van der Waals surface area contributed by atoms with Crippen LogP contribution in [0.5, 0.6) is 0 Å². The lowest BCUT2D eigenvalue weighted by Crippen LogP contribution is -2.44. The van der Waals surface area contributed by atoms with Gasteiger partial charge in [0, 0.05) is 31.1 Å². The molecule has 0 saturated carbocycles. The van der Waals surface area contributed by atoms with E-state index in [0.29, 0.717) is 5.82 Å². The van der Waals surface area contributed by atoms with Crippen LogP contribution >= 0.6 is 0 Å². The van der Waals surface area contributed by atoms with Crippen LogP contribution < -0.4 is 10.6 Å². The van der Waals surface area contributed by atoms with Crippen molar-refractivity contribution in [3.05, 3.63) is 71.4 Å². The summed E-state index contributed by atoms with van der Waals surface area (Å²) >= 11 is 0. The number of carboxylic acids is 1. The predicted molar refractivity (Wildman–Crippen MR) is 125 cm³/mol. The second kappa shape index (κ2) is 9.78. The molecule has 34 heavy (non-hydrogen) atoms. The Hall–Kier alpha value is -4.14. The molecule has 3 aromatic rings. The first-order valence-electron chi connectivity index (χ1n) is 11.0. The lowest BCUT2D eigenvalue weighted by molar-refractivity contribution is -0.137. The smallest absolute Gasteiger partial charge is 0.407 e. The van der Waals surface area contributed by atoms with E-state index in [2.05, 4.69) is 15.7 Å². The van der Waals surface area contributed by atoms with Crippen LogP contribution in [0.4, 0.5) is 10.6 Å². The number of carboxylic acid groups (broad SMARTS) is 1. The second-order valence-corrected chi connectivity index (χ2v) is 8.28. The Morgan fingerprint density at radius 2 is 1.71 bits per heavy atom. The number of carbonyl (C=O) groups is 3. The average molecular weight is 463 g/mol. The summed E-state index contributed by atoms with van der Waals surface area (Å²) in [4.78, 5) is 36.5. The summed E-state index contributed by atoms with van der Waals surface area (Å²) in [5.74, 6) is -1.40. The van der Waals surface area contributed by atoms with Gasteiger partial charge in [-0.3, -0.25) is 14.3 Å². The van der Waals surface area contributed by atoms with Gasteiger partial charge >= 0.3 is 12.1 Å². The topological polar surface area (TPSA) is 123 Å². The maximum atomic E-state index is 12.8. The number of ether oxygens (including phenoxy) is 1. The van der Waals surface area contributed by atoms with Crippen molar-refractivity contribution in [2.24, 2.45) is 7.05 Å². The second-order valence-electron chi connectivity index (χ2n) is 8.28. The molecule has 1 aromatic heterocycles. The molecule has 1 aliphatic carbocycles. The van der Waals surface area contributed by atoms with Crippen molar-refractivity contribution in [2.75, 3.05) is 11.9 Å². The molecule has 2 aromatic carbocycles. The van der Waals surface area contributed by atoms with Gasteiger partial charge in [-0.1, -0.05) is 48.5 Å². The van der Waals surface area contributed by atoms with E-state index in [-0.39, 0.29) is 25.4 Å². The highest BCUT2D eigenvalue weighted by Gasteiger charge is 2.30. The molecule has 9 nitrogen and oxygen atoms in total. The number of aromatic nitrogens is 2. The number of nitrogens with zero attached hydrogens (tertiary/aromatic N) is 2. The van der Waals surface area contributed by atoms with Crippen LogP contribution in [0, 0.1) is 6.92 Å². The normalized spacial score (nSPS) is 13.0. The standard InChI is InChI=1S/C25H26N4O5/c1-15-13-29(2)28-23(15)27-24(32)21(11-12-22(30)31)26-25(33)34-14-20-18-9-5-3-7-16(18)17-8-4-6-10-19(17)20/h3-10,13,20-21H,11-12,14H2,1-2H3,(H,26,33)(H,30,31)(H,27,28,32). The molecule has 0 spiro atoms. The highest BCUT2D eigenvalue weighted by Crippen LogP contribution is 2.44. The zero-order valence-corrected chi connectivity index (χ0v) is 18.9. The zero-order chi connectivity index (χ0) is 24.2. The highest BCUT2D eigenvalue weighted by atomic mass is 16.5. The average Bonchev–Trinajstić information content (AvgIpc) is 3.30. The van der Waals surface area contributed by atoms with Gasteiger partial charge in [-0.15, -0.1) is 0 Å². The quantitative estimate of drug-likeness (QED) is 0.471. The number of carbonyl (C=O) groups excluding carboxylic acids is 2. The molecule has 2 amide bonds. The summed E-state index contributed by atoms with van der Waals surface area (Å²) in [7, 11) is 1.72. The van der Waals surface area contributed by atoms with E-state index in [1.54, 1.807) is 24.9 Å². The van der Waals surface area contributed by atoms with E-state index in [1.165, 1.54) is 0 Å². The fraction of sp³-hybridized carbons (Fsp3) is 0.280. The van der Waals surface area contributed by atoms with Crippen LogP contribution in [0.15, 0.2) is 54.7 Å². The Kier molecular flexibility index (Phi) is 6.62. The lowest BCUT2D eigenvalue weighted by Gasteiger charge is -2.19. The van der Waals surface area contributed by atoms with Crippen molar-refractivity contribution in [3.8, 4) is 11.1 Å². The number of aryl methyl sites for hydroxylation is 2. The van der Waals surface area contributed by atoms with Crippen LogP contribution in [-0.4, -0.2) is 45.5 Å². The molecule has 0 radical (unpaired) electrons. The Morgan fingerprint density at radius 3 is 2.26 bits per heavy atom. The summed E-state index contributed by atoms with van der Waals surface area (Å²) in [6, 6.07) is 14.9. The van der Waals surface area contributed by atoms with Crippen LogP contribution in [0.1, 0.15) is 35.4 Å². The fourth-order valence-electron chi connectivity index (χ4n) is 4.25. The zero-order valence-electron chi connectivity index (χ0n) is 18.9. The highest BCUT2D eigenvalue weighted by molar-refractivity contribution is 5.96. The van der Waals surface area contributed by atoms with Gasteiger partial charge in [0.2, 0.25) is 5.91 Å². The predicted octanol–water partition coefficient (Wildman–Crippen LogP) is 3.44. The lowest BCUT2D eigenvalue weighted by atomic mass is 9.98. The Labute approximate surface area is 196 Å². The fourth-order valence-corrected chi connectivity index (χ4v) is 4.25. The molecule has 9 heteroatoms. The Morgan fingerprint density at radius 1 is 1.09 bits per heavy atom. The van der Waals surface area contributed by atoms with E-state index in [0.717, 1.165) is 27.8 Å². The summed E-state index contributed by atoms with van der Waals surface area (Å²) < 4.78 is 7.06. The van der Waals surface area contributed by atoms with Gasteiger partial charge in [0.15, 0.2) is 5.82 Å². The molecule has 1 aliphatic rings. The maximum Gasteiger partial charge on any atom is 0.407 e. The van der Waals surface area contributed by atoms with Gasteiger partial charge in [0.25, 0.3) is 0 Å². The molecule has 0 bridgehead atoms. The molecule has 0 fully saturated rings. The number of benzene rings is 2. The molecule has 1 unspecified atom stereocenters. The van der Waals surface area contributed by atoms with Crippen LogP contribution in [0.2, 0.25) is 0 Å². The number of fused-ring (bicyclic) bond motifs is 3. The molecule has 1 atom stereocenters. The maximum absolute atomic E-state index is 12.8. The SMILES string of the molecule is Cc1cn(C)nc1NC(=O)C(CCC(=O)O)NC(=O)OCC1c2ccccc2-c2ccccc21. The van der Waals surface area contributed by atoms with E-state index in [9.17, 15) is 14.4 Å². The number of amides is 2. The van der Waals surface area contributed by atoms with Crippen LogP contribution in [0.3, 0.4) is 0 Å². The van der Waals surface area contributed by atoms with Crippen molar-refractivity contribution in [1.82, 2.24) is 15.1 Å². The van der Waals surface area contributed by atoms with Crippen molar-refractivity contribution in [2.45, 2.75) is 31.7 Å². The number of anilines is 1. The van der Waals surface area contributed by atoms with Gasteiger partial charge < -0.3 is 20.5 Å². The summed E-state index contributed by atoms with van der Waals surface area (Å²) in [5.41, 5.74) is 5.10. The van der Waals surface area contributed by atoms with Gasteiger partial charge in [-0.05, 0) is 35.6 Å². The number of nitrogens with one attached hydrogen (secondary N) is 2. The number of rotatable bonds is 8. The third kappa shape index (κ3) is 4.93. The Balaban J connectivity index is 1.43. The van der Waals surface area contributed by atoms with Gasteiger partial charge in [-0.25, -0.2) is 4.79 Å². The van der Waals surface area contributed by atoms with Crippen LogP contribution in [-0.2, 0) is 21.4 Å². The molecular weight excluding hydrogens is 436 g/mol. The third-order valence-electron chi connectivity index (χ3n) is 5.85. The van der Waals surface area contributed by atoms with Gasteiger partial charge in [0.05, 0.1) is 0 Å². The largest absolute Gasteiger partial charge is 0.481 e. The molecule has 176 valence electrons. The molecular formula is C25H26N4O5. The van der Waals surface area contributed by atoms with E-state index in [1.807, 2.05) is 48.5 Å². The first-order valence-corrected chi connectivity index (χ1v) is 11.0. The summed E-state index contributed by atoms with van der Waals surface area (Å²) in [6.45, 7) is 1.88. The first-order chi connectivity index (χ1) is 16.3. The number of hydrogen-bond donors (Lipinski definition) is 3. The third-order valence-corrected chi connectivity index (χ3v) is 5.85. The number of alkyl carbamates (subject to hydrolysis) is 1. The minimum absolute atomic E-state index is 0.0861. The molecule has 0 aliphatic heterocycles. The number of aliphatic carboxylic acids is 1. The molecule has 3 N–H and O–H groups in total. The van der Waals surface area contributed by atoms with E-state index < -0.39 is 24.0 Å². The monoisotopic (exact) mass is 462 g/mol. The van der Waals surface area contributed by atoms with E-state index in [4.69, 9.17) is 9.84 Å². The van der Waals surface area contributed by atoms with Gasteiger partial charge in [-0.2, -0.15) is 5.10 Å². The van der Waals surface area contributed by atoms with Crippen LogP contribution in [0.25, 0.3) is 11.1 Å². The van der Waals surface area contributed by atoms with Crippen molar-refractivity contribution >= 4 is 23.8 Å². The molecule has 1 heterocycles. The minimum Gasteiger partial charge on any atom is -0.481 e. The minimum atomic E-state index is -1.09. The Bertz CT molecular complexity index is 1190. The molecule has 4 rings (SSSR count). The summed E-state index contributed by atoms with van der Waals surface area (Å²) in [5, 5.41) is 18.4. The summed E-state index contributed by atoms with van der Waals surface area (Å²) in [6.07, 6.45) is 0.575. The van der Waals surface area contributed by atoms with Crippen molar-refractivity contribution in [3.63, 3.8) is 0 Å². The van der Waals surface area contributed by atoms with Crippen molar-refractivity contribution in [1.29, 1.82) is 0 Å².